The van der Waals surface area contributed by atoms with Crippen LogP contribution in [0.15, 0.2) is 30.3 Å². The Morgan fingerprint density at radius 2 is 1.73 bits per heavy atom. The zero-order chi connectivity index (χ0) is 25.3. The Morgan fingerprint density at radius 3 is 2.24 bits per heavy atom. The summed E-state index contributed by atoms with van der Waals surface area (Å²) in [6.07, 6.45) is 0.0854. The molecule has 5 N–H and O–H groups in total. The minimum absolute atomic E-state index is 0.0413. The molecule has 1 unspecified atom stereocenters. The summed E-state index contributed by atoms with van der Waals surface area (Å²) in [5, 5.41) is 7.35. The van der Waals surface area contributed by atoms with E-state index in [2.05, 4.69) is 16.0 Å². The first-order valence-corrected chi connectivity index (χ1v) is 10.3. The Hall–Kier alpha value is -3.47. The van der Waals surface area contributed by atoms with Gasteiger partial charge in [-0.3, -0.25) is 14.4 Å². The molecule has 33 heavy (non-hydrogen) atoms. The highest BCUT2D eigenvalue weighted by Gasteiger charge is 2.19. The van der Waals surface area contributed by atoms with Crippen LogP contribution >= 0.6 is 0 Å². The van der Waals surface area contributed by atoms with Gasteiger partial charge in [0.25, 0.3) is 0 Å². The monoisotopic (exact) mass is 466 g/mol. The van der Waals surface area contributed by atoms with Gasteiger partial charge in [-0.1, -0.05) is 30.3 Å². The van der Waals surface area contributed by atoms with Gasteiger partial charge in [-0.05, 0) is 39.8 Å². The number of benzene rings is 1. The summed E-state index contributed by atoms with van der Waals surface area (Å²) in [5.41, 5.74) is 5.04. The third-order valence-corrected chi connectivity index (χ3v) is 3.56. The summed E-state index contributed by atoms with van der Waals surface area (Å²) in [7, 11) is 1.64. The topological polar surface area (TPSA) is 166 Å². The maximum Gasteiger partial charge on any atom is 0.408 e. The smallest absolute Gasteiger partial charge is 0.408 e. The normalized spacial score (nSPS) is 11.2. The van der Waals surface area contributed by atoms with Gasteiger partial charge in [0, 0.05) is 6.42 Å². The van der Waals surface area contributed by atoms with Gasteiger partial charge in [0.05, 0.1) is 19.1 Å². The van der Waals surface area contributed by atoms with Crippen LogP contribution in [0, 0.1) is 0 Å². The molecule has 0 aromatic heterocycles. The number of nitrogens with one attached hydrogen (secondary N) is 3. The van der Waals surface area contributed by atoms with E-state index in [-0.39, 0.29) is 38.4 Å². The fourth-order valence-corrected chi connectivity index (χ4v) is 2.17. The van der Waals surface area contributed by atoms with Crippen LogP contribution in [0.3, 0.4) is 0 Å². The number of nitrogens with two attached hydrogens (primary N) is 1. The lowest BCUT2D eigenvalue weighted by Crippen LogP contribution is -2.37. The largest absolute Gasteiger partial charge is 0.460 e. The Bertz CT molecular complexity index is 764. The highest BCUT2D eigenvalue weighted by atomic mass is 16.6. The first-order chi connectivity index (χ1) is 15.5. The number of primary amides is 1. The number of rotatable bonds is 11. The minimum atomic E-state index is -0.786. The van der Waals surface area contributed by atoms with Gasteiger partial charge >= 0.3 is 12.1 Å². The van der Waals surface area contributed by atoms with Gasteiger partial charge in [0.15, 0.2) is 0 Å². The van der Waals surface area contributed by atoms with Crippen molar-refractivity contribution < 1.29 is 33.4 Å². The molecule has 0 fully saturated rings. The second kappa shape index (κ2) is 16.2. The van der Waals surface area contributed by atoms with Crippen molar-refractivity contribution in [2.75, 3.05) is 20.1 Å². The Balaban J connectivity index is 0.000000861. The number of hydrogen-bond acceptors (Lipinski definition) is 8. The molecule has 1 aromatic carbocycles. The fraction of sp³-hybridized carbons (Fsp3) is 0.500. The SMILES string of the molecule is CC(C)(C)OC(=O)CCC(C=O)NC(=O)OCc1ccccc1.CNCC(=O)NCC(N)=O. The second-order valence-corrected chi connectivity index (χ2v) is 7.85. The number of ether oxygens (including phenoxy) is 2. The van der Waals surface area contributed by atoms with Crippen molar-refractivity contribution in [3.8, 4) is 0 Å². The summed E-state index contributed by atoms with van der Waals surface area (Å²) >= 11 is 0. The van der Waals surface area contributed by atoms with E-state index in [1.165, 1.54) is 0 Å². The molecule has 0 spiro atoms. The molecular weight excluding hydrogens is 432 g/mol. The number of alkyl carbamates (subject to hydrolysis) is 1. The number of carbonyl (C=O) groups is 5. The maximum atomic E-state index is 11.7. The van der Waals surface area contributed by atoms with Crippen LogP contribution in [0.1, 0.15) is 39.2 Å². The molecule has 0 aliphatic carbocycles. The van der Waals surface area contributed by atoms with Crippen molar-refractivity contribution >= 4 is 30.2 Å². The molecule has 0 aliphatic rings. The predicted octanol–water partition coefficient (Wildman–Crippen LogP) is 0.410. The molecule has 11 nitrogen and oxygen atoms in total. The number of likely N-dealkylation sites (N-methyl/N-ethyl adjacent to an activating group) is 1. The van der Waals surface area contributed by atoms with E-state index < -0.39 is 29.6 Å². The van der Waals surface area contributed by atoms with E-state index in [1.54, 1.807) is 27.8 Å². The molecule has 1 aromatic rings. The molecular formula is C22H34N4O7. The van der Waals surface area contributed by atoms with E-state index in [0.717, 1.165) is 5.56 Å². The van der Waals surface area contributed by atoms with Gasteiger partial charge in [0.1, 0.15) is 18.5 Å². The zero-order valence-corrected chi connectivity index (χ0v) is 19.5. The van der Waals surface area contributed by atoms with E-state index in [0.29, 0.717) is 6.29 Å². The average molecular weight is 467 g/mol. The van der Waals surface area contributed by atoms with Gasteiger partial charge < -0.3 is 36.0 Å². The summed E-state index contributed by atoms with van der Waals surface area (Å²) in [5.74, 6) is -1.19. The molecule has 11 heteroatoms. The average Bonchev–Trinajstić information content (AvgIpc) is 2.74. The summed E-state index contributed by atoms with van der Waals surface area (Å²) < 4.78 is 10.2. The lowest BCUT2D eigenvalue weighted by atomic mass is 10.1. The maximum absolute atomic E-state index is 11.7. The summed E-state index contributed by atoms with van der Waals surface area (Å²) in [6.45, 7) is 5.52. The Kier molecular flexibility index (Phi) is 14.5. The summed E-state index contributed by atoms with van der Waals surface area (Å²) in [4.78, 5) is 54.9. The van der Waals surface area contributed by atoms with Crippen LogP contribution in [0.25, 0.3) is 0 Å². The lowest BCUT2D eigenvalue weighted by Gasteiger charge is -2.20. The third-order valence-electron chi connectivity index (χ3n) is 3.56. The van der Waals surface area contributed by atoms with Crippen molar-refractivity contribution in [1.82, 2.24) is 16.0 Å². The second-order valence-electron chi connectivity index (χ2n) is 7.85. The highest BCUT2D eigenvalue weighted by molar-refractivity contribution is 5.84. The van der Waals surface area contributed by atoms with Crippen LogP contribution in [0.2, 0.25) is 0 Å². The number of carbonyl (C=O) groups excluding carboxylic acids is 5. The molecule has 3 amide bonds. The summed E-state index contributed by atoms with van der Waals surface area (Å²) in [6, 6.07) is 8.41. The van der Waals surface area contributed by atoms with Crippen molar-refractivity contribution in [2.45, 2.75) is 51.9 Å². The van der Waals surface area contributed by atoms with Crippen molar-refractivity contribution in [3.63, 3.8) is 0 Å². The molecule has 0 aliphatic heterocycles. The van der Waals surface area contributed by atoms with Crippen LogP contribution in [0.4, 0.5) is 4.79 Å². The van der Waals surface area contributed by atoms with Gasteiger partial charge in [-0.15, -0.1) is 0 Å². The number of esters is 1. The van der Waals surface area contributed by atoms with Gasteiger partial charge in [0.2, 0.25) is 11.8 Å². The predicted molar refractivity (Wildman–Crippen MR) is 121 cm³/mol. The van der Waals surface area contributed by atoms with Crippen molar-refractivity contribution in [2.24, 2.45) is 5.73 Å². The first-order valence-electron chi connectivity index (χ1n) is 10.3. The molecule has 0 saturated carbocycles. The minimum Gasteiger partial charge on any atom is -0.460 e. The molecule has 184 valence electrons. The lowest BCUT2D eigenvalue weighted by molar-refractivity contribution is -0.155. The van der Waals surface area contributed by atoms with Gasteiger partial charge in [-0.2, -0.15) is 0 Å². The Morgan fingerprint density at radius 1 is 1.09 bits per heavy atom. The highest BCUT2D eigenvalue weighted by Crippen LogP contribution is 2.10. The molecule has 0 saturated heterocycles. The number of amides is 3. The molecule has 0 radical (unpaired) electrons. The zero-order valence-electron chi connectivity index (χ0n) is 19.5. The standard InChI is InChI=1S/C17H23NO5.C5H11N3O2/c1-17(2,3)23-15(20)10-9-14(11-19)18-16(21)22-12-13-7-5-4-6-8-13;1-7-3-5(10)8-2-4(6)9/h4-8,11,14H,9-10,12H2,1-3H3,(H,18,21);7H,2-3H2,1H3,(H2,6,9)(H,8,10). The molecule has 1 rings (SSSR count). The van der Waals surface area contributed by atoms with Gasteiger partial charge in [-0.25, -0.2) is 4.79 Å². The van der Waals surface area contributed by atoms with Crippen LogP contribution in [-0.4, -0.2) is 61.9 Å². The van der Waals surface area contributed by atoms with Crippen LogP contribution in [-0.2, 0) is 35.3 Å². The van der Waals surface area contributed by atoms with Crippen molar-refractivity contribution in [3.05, 3.63) is 35.9 Å². The number of hydrogen-bond donors (Lipinski definition) is 4. The molecule has 1 atom stereocenters. The van der Waals surface area contributed by atoms with Crippen LogP contribution < -0.4 is 21.7 Å². The number of aldehydes is 1. The van der Waals surface area contributed by atoms with E-state index >= 15 is 0 Å². The fourth-order valence-electron chi connectivity index (χ4n) is 2.17. The Labute approximate surface area is 193 Å². The third kappa shape index (κ3) is 17.9. The van der Waals surface area contributed by atoms with E-state index in [1.807, 2.05) is 30.3 Å². The van der Waals surface area contributed by atoms with Crippen LogP contribution in [0.5, 0.6) is 0 Å². The van der Waals surface area contributed by atoms with E-state index in [9.17, 15) is 24.0 Å². The van der Waals surface area contributed by atoms with E-state index in [4.69, 9.17) is 15.2 Å². The van der Waals surface area contributed by atoms with Crippen molar-refractivity contribution in [1.29, 1.82) is 0 Å². The first kappa shape index (κ1) is 29.5. The quantitative estimate of drug-likeness (QED) is 0.269. The molecule has 0 heterocycles. The molecule has 0 bridgehead atoms.